The van der Waals surface area contributed by atoms with Crippen LogP contribution in [0.3, 0.4) is 0 Å². The predicted octanol–water partition coefficient (Wildman–Crippen LogP) is 10.1. The minimum Gasteiger partial charge on any atom is -0.481 e. The fourth-order valence-corrected chi connectivity index (χ4v) is 11.1. The van der Waals surface area contributed by atoms with Crippen molar-refractivity contribution in [1.29, 1.82) is 0 Å². The Balaban J connectivity index is 1.18. The fourth-order valence-electron chi connectivity index (χ4n) is 8.90. The van der Waals surface area contributed by atoms with E-state index in [0.29, 0.717) is 110 Å². The van der Waals surface area contributed by atoms with E-state index in [9.17, 15) is 29.4 Å². The van der Waals surface area contributed by atoms with Gasteiger partial charge in [0.15, 0.2) is 0 Å². The van der Waals surface area contributed by atoms with E-state index in [1.54, 1.807) is 22.0 Å². The van der Waals surface area contributed by atoms with Crippen molar-refractivity contribution in [2.24, 2.45) is 11.8 Å². The fraction of sp³-hybridized carbons (Fsp3) is 0.360. The van der Waals surface area contributed by atoms with Crippen LogP contribution in [0.15, 0.2) is 82.6 Å². The van der Waals surface area contributed by atoms with Gasteiger partial charge in [-0.3, -0.25) is 19.2 Å². The zero-order valence-corrected chi connectivity index (χ0v) is 40.4. The molecule has 0 unspecified atom stereocenters. The average molecular weight is 1010 g/mol. The van der Waals surface area contributed by atoms with Gasteiger partial charge >= 0.3 is 11.9 Å². The Kier molecular flexibility index (Phi) is 16.1. The summed E-state index contributed by atoms with van der Waals surface area (Å²) < 4.78 is 11.2. The third-order valence-corrected chi connectivity index (χ3v) is 15.9. The first-order chi connectivity index (χ1) is 32.4. The van der Waals surface area contributed by atoms with Crippen molar-refractivity contribution in [3.63, 3.8) is 0 Å². The number of carbonyl (C=O) groups is 4. The number of morpholine rings is 2. The maximum Gasteiger partial charge on any atom is 0.306 e. The number of nitrogens with zero attached hydrogens (tertiary/aromatic N) is 4. The van der Waals surface area contributed by atoms with E-state index in [1.807, 2.05) is 48.5 Å². The lowest BCUT2D eigenvalue weighted by Gasteiger charge is -2.29. The molecule has 4 saturated heterocycles. The molecule has 4 fully saturated rings. The average Bonchev–Trinajstić information content (AvgIpc) is 3.36. The zero-order chi connectivity index (χ0) is 47.2. The van der Waals surface area contributed by atoms with Crippen molar-refractivity contribution in [2.75, 3.05) is 88.6 Å². The molecule has 8 rings (SSSR count). The molecule has 0 atom stereocenters. The highest BCUT2D eigenvalue weighted by molar-refractivity contribution is 7.99. The van der Waals surface area contributed by atoms with E-state index in [0.717, 1.165) is 48.7 Å². The number of anilines is 2. The second-order valence-electron chi connectivity index (χ2n) is 16.9. The van der Waals surface area contributed by atoms with Gasteiger partial charge in [0.2, 0.25) is 11.8 Å². The quantitative estimate of drug-likeness (QED) is 0.131. The van der Waals surface area contributed by atoms with Gasteiger partial charge < -0.3 is 39.3 Å². The van der Waals surface area contributed by atoms with Crippen molar-refractivity contribution in [1.82, 2.24) is 9.80 Å². The lowest BCUT2D eigenvalue weighted by molar-refractivity contribution is -0.145. The summed E-state index contributed by atoms with van der Waals surface area (Å²) >= 11 is 30.2. The summed E-state index contributed by atoms with van der Waals surface area (Å²) in [5, 5.41) is 19.9. The minimum absolute atomic E-state index is 0.221. The van der Waals surface area contributed by atoms with Gasteiger partial charge in [-0.1, -0.05) is 82.4 Å². The maximum absolute atomic E-state index is 13.5. The molecule has 352 valence electrons. The summed E-state index contributed by atoms with van der Waals surface area (Å²) in [6, 6.07) is 20.0. The highest BCUT2D eigenvalue weighted by Crippen LogP contribution is 2.49. The number of hydrogen-bond donors (Lipinski definition) is 2. The minimum atomic E-state index is -0.851. The molecule has 4 aliphatic rings. The Hall–Kier alpha value is -4.73. The first-order valence-electron chi connectivity index (χ1n) is 22.3. The molecule has 2 amide bonds. The largest absolute Gasteiger partial charge is 0.481 e. The molecule has 4 heterocycles. The van der Waals surface area contributed by atoms with Crippen molar-refractivity contribution in [3.05, 3.63) is 104 Å². The number of benzene rings is 4. The van der Waals surface area contributed by atoms with Gasteiger partial charge in [-0.25, -0.2) is 0 Å². The summed E-state index contributed by atoms with van der Waals surface area (Å²) in [6.45, 7) is 6.69. The van der Waals surface area contributed by atoms with Crippen molar-refractivity contribution in [2.45, 2.75) is 35.5 Å². The second kappa shape index (κ2) is 22.1. The van der Waals surface area contributed by atoms with Gasteiger partial charge in [0, 0.05) is 96.8 Å². The molecule has 0 aromatic heterocycles. The number of rotatable bonds is 12. The van der Waals surface area contributed by atoms with Crippen molar-refractivity contribution < 1.29 is 38.9 Å². The molecule has 4 aromatic carbocycles. The monoisotopic (exact) mass is 1010 g/mol. The van der Waals surface area contributed by atoms with E-state index in [1.165, 1.54) is 23.9 Å². The number of halogens is 4. The first-order valence-corrected chi connectivity index (χ1v) is 24.7. The number of hydrogen-bond acceptors (Lipinski definition) is 9. The highest BCUT2D eigenvalue weighted by atomic mass is 35.5. The molecule has 0 radical (unpaired) electrons. The third-order valence-electron chi connectivity index (χ3n) is 12.8. The van der Waals surface area contributed by atoms with Gasteiger partial charge in [0.25, 0.3) is 0 Å². The van der Waals surface area contributed by atoms with E-state index >= 15 is 0 Å². The predicted molar refractivity (Wildman–Crippen MR) is 266 cm³/mol. The zero-order valence-electron chi connectivity index (χ0n) is 36.6. The highest BCUT2D eigenvalue weighted by Gasteiger charge is 2.29. The van der Waals surface area contributed by atoms with E-state index in [2.05, 4.69) is 21.9 Å². The third kappa shape index (κ3) is 11.4. The Labute approximate surface area is 414 Å². The number of likely N-dealkylation sites (tertiary alicyclic amines) is 2. The van der Waals surface area contributed by atoms with Crippen LogP contribution in [0.2, 0.25) is 20.1 Å². The van der Waals surface area contributed by atoms with Crippen LogP contribution in [0, 0.1) is 11.8 Å². The Bertz CT molecular complexity index is 2410. The number of ether oxygens (including phenoxy) is 2. The molecule has 0 saturated carbocycles. The molecule has 4 aliphatic heterocycles. The summed E-state index contributed by atoms with van der Waals surface area (Å²) in [5.41, 5.74) is 6.16. The smallest absolute Gasteiger partial charge is 0.306 e. The number of aliphatic carboxylic acids is 2. The molecule has 0 aliphatic carbocycles. The lowest BCUT2D eigenvalue weighted by atomic mass is 9.96. The van der Waals surface area contributed by atoms with E-state index in [-0.39, 0.29) is 31.9 Å². The summed E-state index contributed by atoms with van der Waals surface area (Å²) in [7, 11) is 0. The second-order valence-corrected chi connectivity index (χ2v) is 19.5. The topological polar surface area (TPSA) is 140 Å². The van der Waals surface area contributed by atoms with Crippen LogP contribution in [-0.4, -0.2) is 123 Å². The van der Waals surface area contributed by atoms with Crippen LogP contribution >= 0.6 is 58.2 Å². The normalized spacial score (nSPS) is 17.7. The molecular formula is C50H50Cl4N4O8S. The molecule has 2 N–H and O–H groups in total. The van der Waals surface area contributed by atoms with Gasteiger partial charge in [0.1, 0.15) is 0 Å². The van der Waals surface area contributed by atoms with E-state index < -0.39 is 23.8 Å². The molecule has 0 bridgehead atoms. The number of amides is 2. The SMILES string of the molecule is O=C(O)C1CCN(C(=O)/C=C/c2c(-c3cccc(N4CCOCC4)c3)cc(Sc3cc(-c4cccc(N5CCOCC5)c4)c(/C=C/C(=O)N4CCC(C(=O)O)CC4)c(Cl)c3Cl)c(Cl)c2Cl)CC1. The molecular weight excluding hydrogens is 958 g/mol. The summed E-state index contributed by atoms with van der Waals surface area (Å²) in [4.78, 5) is 59.1. The molecule has 4 aromatic rings. The van der Waals surface area contributed by atoms with Crippen LogP contribution in [0.25, 0.3) is 34.4 Å². The molecule has 12 nitrogen and oxygen atoms in total. The van der Waals surface area contributed by atoms with Gasteiger partial charge in [0.05, 0.1) is 58.4 Å². The maximum atomic E-state index is 13.5. The Morgan fingerprint density at radius 3 is 1.27 bits per heavy atom. The molecule has 17 heteroatoms. The first kappa shape index (κ1) is 48.7. The van der Waals surface area contributed by atoms with Crippen LogP contribution < -0.4 is 9.80 Å². The van der Waals surface area contributed by atoms with Crippen LogP contribution in [0.1, 0.15) is 36.8 Å². The lowest BCUT2D eigenvalue weighted by Crippen LogP contribution is -2.39. The van der Waals surface area contributed by atoms with Crippen LogP contribution in [0.4, 0.5) is 11.4 Å². The Morgan fingerprint density at radius 1 is 0.537 bits per heavy atom. The summed E-state index contributed by atoms with van der Waals surface area (Å²) in [5.74, 6) is -3.17. The molecule has 0 spiro atoms. The van der Waals surface area contributed by atoms with Crippen LogP contribution in [0.5, 0.6) is 0 Å². The molecule has 67 heavy (non-hydrogen) atoms. The number of carboxylic acid groups (broad SMARTS) is 2. The number of piperidine rings is 2. The van der Waals surface area contributed by atoms with Gasteiger partial charge in [-0.15, -0.1) is 0 Å². The number of carboxylic acids is 2. The van der Waals surface area contributed by atoms with Gasteiger partial charge in [-0.05, 0) is 96.5 Å². The number of carbonyl (C=O) groups excluding carboxylic acids is 2. The van der Waals surface area contributed by atoms with Crippen molar-refractivity contribution >= 4 is 105 Å². The van der Waals surface area contributed by atoms with Gasteiger partial charge in [-0.2, -0.15) is 0 Å². The van der Waals surface area contributed by atoms with E-state index in [4.69, 9.17) is 55.9 Å². The van der Waals surface area contributed by atoms with Crippen LogP contribution in [-0.2, 0) is 28.7 Å². The standard InChI is InChI=1S/C50H50Cl4N4O8S/c51-45-37(7-9-43(59)57-15-11-31(12-16-57)49(61)62)39(33-3-1-5-35(27-33)55-19-23-65-24-20-55)29-41(47(45)53)67-42-30-40(34-4-2-6-36(28-34)56-21-25-66-26-22-56)38(46(52)48(42)54)8-10-44(60)58-17-13-32(14-18-58)50(63)64/h1-10,27-32H,11-26H2,(H,61,62)(H,63,64)/b9-7+,10-8+. The van der Waals surface area contributed by atoms with Crippen molar-refractivity contribution in [3.8, 4) is 22.3 Å². The Morgan fingerprint density at radius 2 is 0.910 bits per heavy atom. The summed E-state index contributed by atoms with van der Waals surface area (Å²) in [6.07, 6.45) is 7.79.